The first-order chi connectivity index (χ1) is 14.8. The fourth-order valence-electron chi connectivity index (χ4n) is 2.28. The SMILES string of the molecule is C[C@@H](CC(=O)O)C(=O)OC(C)(C)C.C[C@@H](CC(=O)ON1C(=O)CCC1=O)C(=O)OC(C)(C)C. The van der Waals surface area contributed by atoms with Crippen LogP contribution < -0.4 is 0 Å². The Balaban J connectivity index is 0.000000684. The van der Waals surface area contributed by atoms with Gasteiger partial charge < -0.3 is 19.4 Å². The Hall–Kier alpha value is -2.98. The molecule has 0 aromatic heterocycles. The summed E-state index contributed by atoms with van der Waals surface area (Å²) in [6, 6.07) is 0. The van der Waals surface area contributed by atoms with Crippen molar-refractivity contribution in [3.05, 3.63) is 0 Å². The van der Waals surface area contributed by atoms with Crippen LogP contribution in [0.2, 0.25) is 0 Å². The summed E-state index contributed by atoms with van der Waals surface area (Å²) >= 11 is 0. The molecule has 0 radical (unpaired) electrons. The summed E-state index contributed by atoms with van der Waals surface area (Å²) in [5, 5.41) is 8.89. The van der Waals surface area contributed by atoms with E-state index < -0.39 is 58.7 Å². The van der Waals surface area contributed by atoms with Gasteiger partial charge in [0.25, 0.3) is 11.8 Å². The zero-order valence-corrected chi connectivity index (χ0v) is 20.6. The normalized spacial score (nSPS) is 15.7. The number of esters is 2. The summed E-state index contributed by atoms with van der Waals surface area (Å²) in [5.41, 5.74) is -1.19. The molecule has 0 unspecified atom stereocenters. The van der Waals surface area contributed by atoms with E-state index >= 15 is 0 Å². The van der Waals surface area contributed by atoms with E-state index in [1.165, 1.54) is 6.92 Å². The molecular weight excluding hydrogens is 438 g/mol. The predicted octanol–water partition coefficient (Wildman–Crippen LogP) is 2.40. The second-order valence-electron chi connectivity index (χ2n) is 9.72. The van der Waals surface area contributed by atoms with Crippen LogP contribution in [0.3, 0.4) is 0 Å². The fourth-order valence-corrected chi connectivity index (χ4v) is 2.28. The molecule has 2 amide bonds. The number of carboxylic acids is 1. The highest BCUT2D eigenvalue weighted by atomic mass is 16.7. The third-order valence-electron chi connectivity index (χ3n) is 3.77. The molecule has 0 aliphatic carbocycles. The van der Waals surface area contributed by atoms with E-state index in [9.17, 15) is 28.8 Å². The zero-order chi connectivity index (χ0) is 26.1. The lowest BCUT2D eigenvalue weighted by Gasteiger charge is -2.22. The zero-order valence-electron chi connectivity index (χ0n) is 20.6. The highest BCUT2D eigenvalue weighted by Gasteiger charge is 2.34. The Labute approximate surface area is 193 Å². The van der Waals surface area contributed by atoms with Crippen LogP contribution in [-0.4, -0.2) is 57.1 Å². The van der Waals surface area contributed by atoms with Gasteiger partial charge >= 0.3 is 23.9 Å². The second kappa shape index (κ2) is 12.3. The Morgan fingerprint density at radius 2 is 1.18 bits per heavy atom. The summed E-state index contributed by atoms with van der Waals surface area (Å²) in [4.78, 5) is 72.0. The van der Waals surface area contributed by atoms with Crippen molar-refractivity contribution in [2.75, 3.05) is 0 Å². The van der Waals surface area contributed by atoms with Gasteiger partial charge in [0.2, 0.25) is 0 Å². The minimum atomic E-state index is -0.988. The molecule has 1 saturated heterocycles. The van der Waals surface area contributed by atoms with Crippen molar-refractivity contribution < 1.29 is 48.2 Å². The third kappa shape index (κ3) is 13.2. The lowest BCUT2D eigenvalue weighted by atomic mass is 10.1. The highest BCUT2D eigenvalue weighted by molar-refractivity contribution is 6.01. The van der Waals surface area contributed by atoms with Gasteiger partial charge in [-0.2, -0.15) is 0 Å². The molecule has 1 heterocycles. The molecule has 0 bridgehead atoms. The molecule has 0 saturated carbocycles. The first kappa shape index (κ1) is 30.0. The summed E-state index contributed by atoms with van der Waals surface area (Å²) in [5.74, 6) is -5.19. The van der Waals surface area contributed by atoms with Crippen LogP contribution in [0, 0.1) is 11.8 Å². The van der Waals surface area contributed by atoms with E-state index in [1.54, 1.807) is 48.5 Å². The van der Waals surface area contributed by atoms with Crippen LogP contribution in [0.15, 0.2) is 0 Å². The van der Waals surface area contributed by atoms with Gasteiger partial charge in [0.05, 0.1) is 24.7 Å². The molecule has 0 aromatic rings. The fraction of sp³-hybridized carbons (Fsp3) is 0.727. The van der Waals surface area contributed by atoms with Crippen molar-refractivity contribution in [3.63, 3.8) is 0 Å². The molecular formula is C22H35NO10. The highest BCUT2D eigenvalue weighted by Crippen LogP contribution is 2.17. The van der Waals surface area contributed by atoms with Crippen LogP contribution in [0.25, 0.3) is 0 Å². The maximum absolute atomic E-state index is 11.7. The molecule has 33 heavy (non-hydrogen) atoms. The van der Waals surface area contributed by atoms with Crippen LogP contribution in [0.4, 0.5) is 0 Å². The summed E-state index contributed by atoms with van der Waals surface area (Å²) in [6.07, 6.45) is -0.373. The molecule has 11 heteroatoms. The number of carbonyl (C=O) groups excluding carboxylic acids is 5. The molecule has 0 spiro atoms. The van der Waals surface area contributed by atoms with Gasteiger partial charge in [-0.3, -0.25) is 24.0 Å². The number of imide groups is 1. The maximum atomic E-state index is 11.7. The van der Waals surface area contributed by atoms with Gasteiger partial charge in [0, 0.05) is 12.8 Å². The van der Waals surface area contributed by atoms with Crippen LogP contribution in [-0.2, 0) is 43.1 Å². The van der Waals surface area contributed by atoms with E-state index in [0.29, 0.717) is 5.06 Å². The Kier molecular flexibility index (Phi) is 11.2. The maximum Gasteiger partial charge on any atom is 0.334 e. The van der Waals surface area contributed by atoms with Crippen molar-refractivity contribution in [3.8, 4) is 0 Å². The number of hydroxylamine groups is 2. The number of carbonyl (C=O) groups is 6. The molecule has 1 aliphatic rings. The first-order valence-electron chi connectivity index (χ1n) is 10.6. The van der Waals surface area contributed by atoms with Gasteiger partial charge in [-0.15, -0.1) is 5.06 Å². The van der Waals surface area contributed by atoms with E-state index in [-0.39, 0.29) is 25.7 Å². The number of aliphatic carboxylic acids is 1. The van der Waals surface area contributed by atoms with Crippen molar-refractivity contribution >= 4 is 35.7 Å². The van der Waals surface area contributed by atoms with E-state index in [4.69, 9.17) is 14.6 Å². The van der Waals surface area contributed by atoms with Gasteiger partial charge in [-0.05, 0) is 41.5 Å². The van der Waals surface area contributed by atoms with E-state index in [2.05, 4.69) is 4.84 Å². The summed E-state index contributed by atoms with van der Waals surface area (Å²) in [7, 11) is 0. The first-order valence-corrected chi connectivity index (χ1v) is 10.6. The van der Waals surface area contributed by atoms with Gasteiger partial charge in [0.15, 0.2) is 0 Å². The van der Waals surface area contributed by atoms with Crippen LogP contribution in [0.5, 0.6) is 0 Å². The second-order valence-corrected chi connectivity index (χ2v) is 9.72. The Morgan fingerprint density at radius 3 is 1.52 bits per heavy atom. The molecule has 1 fully saturated rings. The average Bonchev–Trinajstić information content (AvgIpc) is 2.90. The third-order valence-corrected chi connectivity index (χ3v) is 3.77. The van der Waals surface area contributed by atoms with E-state index in [1.807, 2.05) is 0 Å². The summed E-state index contributed by atoms with van der Waals surface area (Å²) < 4.78 is 10.1. The molecule has 2 atom stereocenters. The summed E-state index contributed by atoms with van der Waals surface area (Å²) in [6.45, 7) is 13.5. The van der Waals surface area contributed by atoms with Crippen molar-refractivity contribution in [1.29, 1.82) is 0 Å². The van der Waals surface area contributed by atoms with Gasteiger partial charge in [-0.25, -0.2) is 4.79 Å². The standard InChI is InChI=1S/C13H19NO6.C9H16O4/c1-8(12(18)19-13(2,3)4)7-11(17)20-14-9(15)5-6-10(14)16;1-6(5-7(10)11)8(12)13-9(2,3)4/h8H,5-7H2,1-4H3;6H,5H2,1-4H3,(H,10,11)/t8-;6-/m00/s1. The molecule has 1 N–H and O–H groups in total. The Morgan fingerprint density at radius 1 is 0.818 bits per heavy atom. The number of carboxylic acid groups (broad SMARTS) is 1. The van der Waals surface area contributed by atoms with Gasteiger partial charge in [0.1, 0.15) is 11.2 Å². The number of hydrogen-bond acceptors (Lipinski definition) is 9. The number of rotatable bonds is 7. The minimum Gasteiger partial charge on any atom is -0.481 e. The quantitative estimate of drug-likeness (QED) is 0.430. The van der Waals surface area contributed by atoms with Crippen molar-refractivity contribution in [2.24, 2.45) is 11.8 Å². The molecule has 1 rings (SSSR count). The molecule has 188 valence electrons. The smallest absolute Gasteiger partial charge is 0.334 e. The lowest BCUT2D eigenvalue weighted by molar-refractivity contribution is -0.198. The number of ether oxygens (including phenoxy) is 2. The largest absolute Gasteiger partial charge is 0.481 e. The van der Waals surface area contributed by atoms with Crippen LogP contribution in [0.1, 0.15) is 81.1 Å². The van der Waals surface area contributed by atoms with Crippen LogP contribution >= 0.6 is 0 Å². The molecule has 1 aliphatic heterocycles. The number of nitrogens with zero attached hydrogens (tertiary/aromatic N) is 1. The van der Waals surface area contributed by atoms with Crippen molar-refractivity contribution in [2.45, 2.75) is 92.3 Å². The van der Waals surface area contributed by atoms with Crippen molar-refractivity contribution in [1.82, 2.24) is 5.06 Å². The molecule has 11 nitrogen and oxygen atoms in total. The predicted molar refractivity (Wildman–Crippen MR) is 114 cm³/mol. The monoisotopic (exact) mass is 473 g/mol. The van der Waals surface area contributed by atoms with E-state index in [0.717, 1.165) is 0 Å². The van der Waals surface area contributed by atoms with Gasteiger partial charge in [-0.1, -0.05) is 13.8 Å². The number of amides is 2. The lowest BCUT2D eigenvalue weighted by Crippen LogP contribution is -2.34. The average molecular weight is 474 g/mol. The molecule has 0 aromatic carbocycles. The topological polar surface area (TPSA) is 154 Å². The Bertz CT molecular complexity index is 744. The number of hydrogen-bond donors (Lipinski definition) is 1. The minimum absolute atomic E-state index is 0.0354.